The second-order valence-corrected chi connectivity index (χ2v) is 8.73. The van der Waals surface area contributed by atoms with Gasteiger partial charge >= 0.3 is 0 Å². The Labute approximate surface area is 137 Å². The number of halogens is 1. The molecule has 0 bridgehead atoms. The third kappa shape index (κ3) is 4.23. The molecule has 1 aliphatic carbocycles. The van der Waals surface area contributed by atoms with Crippen LogP contribution in [0.15, 0.2) is 24.3 Å². The molecular formula is C16H22ClNO3S. The van der Waals surface area contributed by atoms with Crippen LogP contribution in [0.25, 0.3) is 0 Å². The molecule has 1 aliphatic rings. The van der Waals surface area contributed by atoms with Gasteiger partial charge in [-0.25, -0.2) is 8.42 Å². The van der Waals surface area contributed by atoms with Gasteiger partial charge in [0.25, 0.3) is 0 Å². The van der Waals surface area contributed by atoms with Crippen LogP contribution in [-0.2, 0) is 21.1 Å². The zero-order valence-electron chi connectivity index (χ0n) is 13.0. The fourth-order valence-electron chi connectivity index (χ4n) is 3.11. The van der Waals surface area contributed by atoms with Gasteiger partial charge in [0.15, 0.2) is 9.84 Å². The molecule has 1 aromatic rings. The fourth-order valence-corrected chi connectivity index (χ4v) is 4.72. The zero-order valence-corrected chi connectivity index (χ0v) is 14.5. The maximum atomic E-state index is 12.5. The SMILES string of the molecule is CN(C(=O)Cc1ccc(Cl)cc1)[C@H]1CCCC[C@@H]1S(C)(=O)=O. The molecule has 22 heavy (non-hydrogen) atoms. The first-order chi connectivity index (χ1) is 10.3. The van der Waals surface area contributed by atoms with E-state index in [0.717, 1.165) is 24.8 Å². The molecule has 0 N–H and O–H groups in total. The Morgan fingerprint density at radius 2 is 1.82 bits per heavy atom. The van der Waals surface area contributed by atoms with E-state index >= 15 is 0 Å². The summed E-state index contributed by atoms with van der Waals surface area (Å²) in [6, 6.07) is 6.93. The summed E-state index contributed by atoms with van der Waals surface area (Å²) in [5.41, 5.74) is 0.882. The minimum atomic E-state index is -3.14. The molecule has 0 radical (unpaired) electrons. The molecule has 122 valence electrons. The maximum absolute atomic E-state index is 12.5. The van der Waals surface area contributed by atoms with Gasteiger partial charge in [0.1, 0.15) is 0 Å². The van der Waals surface area contributed by atoms with Crippen LogP contribution in [0.3, 0.4) is 0 Å². The molecule has 0 spiro atoms. The highest BCUT2D eigenvalue weighted by Crippen LogP contribution is 2.27. The van der Waals surface area contributed by atoms with Crippen molar-refractivity contribution >= 4 is 27.3 Å². The summed E-state index contributed by atoms with van der Waals surface area (Å²) in [5, 5.41) is 0.189. The first kappa shape index (κ1) is 17.3. The molecule has 0 saturated heterocycles. The topological polar surface area (TPSA) is 54.5 Å². The molecule has 0 heterocycles. The van der Waals surface area contributed by atoms with Crippen LogP contribution in [0, 0.1) is 0 Å². The van der Waals surface area contributed by atoms with Crippen LogP contribution in [0.1, 0.15) is 31.2 Å². The Morgan fingerprint density at radius 1 is 1.23 bits per heavy atom. The maximum Gasteiger partial charge on any atom is 0.227 e. The van der Waals surface area contributed by atoms with E-state index in [1.54, 1.807) is 24.1 Å². The van der Waals surface area contributed by atoms with E-state index in [0.29, 0.717) is 11.4 Å². The molecule has 1 aromatic carbocycles. The van der Waals surface area contributed by atoms with E-state index in [4.69, 9.17) is 11.6 Å². The van der Waals surface area contributed by atoms with Gasteiger partial charge < -0.3 is 4.90 Å². The molecule has 0 aliphatic heterocycles. The molecule has 2 rings (SSSR count). The second kappa shape index (κ2) is 7.01. The van der Waals surface area contributed by atoms with E-state index in [9.17, 15) is 13.2 Å². The summed E-state index contributed by atoms with van der Waals surface area (Å²) in [6.45, 7) is 0. The Balaban J connectivity index is 2.09. The van der Waals surface area contributed by atoms with Gasteiger partial charge in [-0.1, -0.05) is 36.6 Å². The van der Waals surface area contributed by atoms with Crippen molar-refractivity contribution in [2.75, 3.05) is 13.3 Å². The summed E-state index contributed by atoms with van der Waals surface area (Å²) in [5.74, 6) is -0.0529. The lowest BCUT2D eigenvalue weighted by molar-refractivity contribution is -0.131. The number of likely N-dealkylation sites (N-methyl/N-ethyl adjacent to an activating group) is 1. The van der Waals surface area contributed by atoms with Crippen molar-refractivity contribution in [3.8, 4) is 0 Å². The largest absolute Gasteiger partial charge is 0.341 e. The summed E-state index contributed by atoms with van der Waals surface area (Å²) < 4.78 is 23.9. The molecule has 6 heteroatoms. The number of amides is 1. The van der Waals surface area contributed by atoms with Crippen LogP contribution in [0.5, 0.6) is 0 Å². The van der Waals surface area contributed by atoms with E-state index in [-0.39, 0.29) is 18.4 Å². The van der Waals surface area contributed by atoms with E-state index in [2.05, 4.69) is 0 Å². The zero-order chi connectivity index (χ0) is 16.3. The van der Waals surface area contributed by atoms with Gasteiger partial charge in [0, 0.05) is 24.4 Å². The Morgan fingerprint density at radius 3 is 2.41 bits per heavy atom. The summed E-state index contributed by atoms with van der Waals surface area (Å²) >= 11 is 5.84. The lowest BCUT2D eigenvalue weighted by Gasteiger charge is -2.37. The summed E-state index contributed by atoms with van der Waals surface area (Å²) in [6.07, 6.45) is 4.81. The van der Waals surface area contributed by atoms with Crippen molar-refractivity contribution in [1.82, 2.24) is 4.90 Å². The first-order valence-corrected chi connectivity index (χ1v) is 9.81. The first-order valence-electron chi connectivity index (χ1n) is 7.48. The molecule has 0 unspecified atom stereocenters. The average Bonchev–Trinajstić information content (AvgIpc) is 2.48. The number of nitrogens with zero attached hydrogens (tertiary/aromatic N) is 1. The van der Waals surface area contributed by atoms with Gasteiger partial charge in [-0.05, 0) is 30.5 Å². The van der Waals surface area contributed by atoms with Gasteiger partial charge in [-0.15, -0.1) is 0 Å². The molecule has 1 amide bonds. The summed E-state index contributed by atoms with van der Waals surface area (Å²) in [7, 11) is -1.43. The lowest BCUT2D eigenvalue weighted by Crippen LogP contribution is -2.49. The van der Waals surface area contributed by atoms with E-state index in [1.807, 2.05) is 12.1 Å². The van der Waals surface area contributed by atoms with Crippen LogP contribution in [0.4, 0.5) is 0 Å². The Bertz CT molecular complexity index is 627. The molecular weight excluding hydrogens is 322 g/mol. The Hall–Kier alpha value is -1.07. The van der Waals surface area contributed by atoms with Gasteiger partial charge in [-0.2, -0.15) is 0 Å². The smallest absolute Gasteiger partial charge is 0.227 e. The monoisotopic (exact) mass is 343 g/mol. The number of benzene rings is 1. The molecule has 2 atom stereocenters. The highest BCUT2D eigenvalue weighted by atomic mass is 35.5. The fraction of sp³-hybridized carbons (Fsp3) is 0.562. The standard InChI is InChI=1S/C16H22ClNO3S/c1-18(14-5-3-4-6-15(14)22(2,20)21)16(19)11-12-7-9-13(17)10-8-12/h7-10,14-15H,3-6,11H2,1-2H3/t14-,15-/m0/s1. The van der Waals surface area contributed by atoms with Crippen LogP contribution >= 0.6 is 11.6 Å². The van der Waals surface area contributed by atoms with Crippen LogP contribution in [0.2, 0.25) is 5.02 Å². The number of hydrogen-bond donors (Lipinski definition) is 0. The number of carbonyl (C=O) groups excluding carboxylic acids is 1. The summed E-state index contributed by atoms with van der Waals surface area (Å²) in [4.78, 5) is 14.1. The Kier molecular flexibility index (Phi) is 5.50. The quantitative estimate of drug-likeness (QED) is 0.844. The highest BCUT2D eigenvalue weighted by Gasteiger charge is 2.36. The van der Waals surface area contributed by atoms with E-state index in [1.165, 1.54) is 6.26 Å². The van der Waals surface area contributed by atoms with Crippen molar-refractivity contribution in [2.24, 2.45) is 0 Å². The predicted molar refractivity (Wildman–Crippen MR) is 88.8 cm³/mol. The number of hydrogen-bond acceptors (Lipinski definition) is 3. The molecule has 4 nitrogen and oxygen atoms in total. The van der Waals surface area contributed by atoms with Crippen LogP contribution < -0.4 is 0 Å². The average molecular weight is 344 g/mol. The number of rotatable bonds is 4. The van der Waals surface area contributed by atoms with Crippen molar-refractivity contribution < 1.29 is 13.2 Å². The minimum Gasteiger partial charge on any atom is -0.341 e. The minimum absolute atomic E-state index is 0.0529. The lowest BCUT2D eigenvalue weighted by atomic mass is 9.93. The van der Waals surface area contributed by atoms with Crippen molar-refractivity contribution in [3.05, 3.63) is 34.9 Å². The van der Waals surface area contributed by atoms with Crippen molar-refractivity contribution in [3.63, 3.8) is 0 Å². The third-order valence-corrected chi connectivity index (χ3v) is 6.28. The van der Waals surface area contributed by atoms with Gasteiger partial charge in [0.05, 0.1) is 11.7 Å². The van der Waals surface area contributed by atoms with Crippen molar-refractivity contribution in [2.45, 2.75) is 43.4 Å². The molecule has 0 aromatic heterocycles. The van der Waals surface area contributed by atoms with E-state index < -0.39 is 15.1 Å². The molecule has 1 saturated carbocycles. The number of carbonyl (C=O) groups is 1. The number of sulfone groups is 1. The van der Waals surface area contributed by atoms with Gasteiger partial charge in [-0.3, -0.25) is 4.79 Å². The normalized spacial score (nSPS) is 22.3. The third-order valence-electron chi connectivity index (χ3n) is 4.38. The van der Waals surface area contributed by atoms with Crippen molar-refractivity contribution in [1.29, 1.82) is 0 Å². The second-order valence-electron chi connectivity index (χ2n) is 6.03. The van der Waals surface area contributed by atoms with Crippen LogP contribution in [-0.4, -0.2) is 43.8 Å². The molecule has 1 fully saturated rings. The predicted octanol–water partition coefficient (Wildman–Crippen LogP) is 2.70. The highest BCUT2D eigenvalue weighted by molar-refractivity contribution is 7.91. The van der Waals surface area contributed by atoms with Gasteiger partial charge in [0.2, 0.25) is 5.91 Å².